The fourth-order valence-electron chi connectivity index (χ4n) is 2.01. The number of rotatable bonds is 7. The predicted octanol–water partition coefficient (Wildman–Crippen LogP) is 1.05. The molecule has 1 amide bonds. The van der Waals surface area contributed by atoms with Crippen LogP contribution >= 0.6 is 0 Å². The number of nitrogens with one attached hydrogen (secondary N) is 2. The largest absolute Gasteiger partial charge is 0.356 e. The molecule has 0 spiro atoms. The molecule has 102 valence electrons. The monoisotopic (exact) mass is 252 g/mol. The molecular weight excluding hydrogens is 228 g/mol. The maximum Gasteiger partial charge on any atom is 0.220 e. The fourth-order valence-corrected chi connectivity index (χ4v) is 2.01. The summed E-state index contributed by atoms with van der Waals surface area (Å²) in [6.45, 7) is 5.97. The van der Waals surface area contributed by atoms with Crippen molar-refractivity contribution >= 4 is 5.91 Å². The zero-order valence-corrected chi connectivity index (χ0v) is 11.8. The number of hydrogen-bond donors (Lipinski definition) is 2. The molecule has 1 aromatic rings. The van der Waals surface area contributed by atoms with Crippen molar-refractivity contribution in [2.24, 2.45) is 5.41 Å². The molecule has 2 N–H and O–H groups in total. The van der Waals surface area contributed by atoms with E-state index in [9.17, 15) is 4.79 Å². The van der Waals surface area contributed by atoms with Crippen molar-refractivity contribution in [1.82, 2.24) is 20.4 Å². The summed E-state index contributed by atoms with van der Waals surface area (Å²) in [7, 11) is 4.09. The van der Waals surface area contributed by atoms with Gasteiger partial charge < -0.3 is 10.2 Å². The van der Waals surface area contributed by atoms with Crippen LogP contribution in [0.5, 0.6) is 0 Å². The molecule has 0 atom stereocenters. The van der Waals surface area contributed by atoms with Gasteiger partial charge in [-0.3, -0.25) is 9.89 Å². The molecule has 5 nitrogen and oxygen atoms in total. The van der Waals surface area contributed by atoms with E-state index >= 15 is 0 Å². The maximum atomic E-state index is 11.7. The Labute approximate surface area is 109 Å². The van der Waals surface area contributed by atoms with Crippen molar-refractivity contribution in [2.75, 3.05) is 27.2 Å². The second kappa shape index (κ2) is 6.54. The Morgan fingerprint density at radius 2 is 2.22 bits per heavy atom. The molecule has 1 aromatic heterocycles. The van der Waals surface area contributed by atoms with Gasteiger partial charge in [0.05, 0.1) is 6.20 Å². The van der Waals surface area contributed by atoms with Crippen LogP contribution in [-0.2, 0) is 11.2 Å². The number of aromatic amines is 1. The summed E-state index contributed by atoms with van der Waals surface area (Å²) in [6, 6.07) is 0. The maximum absolute atomic E-state index is 11.7. The summed E-state index contributed by atoms with van der Waals surface area (Å²) >= 11 is 0. The molecule has 18 heavy (non-hydrogen) atoms. The normalized spacial score (nSPS) is 11.8. The molecule has 0 saturated heterocycles. The summed E-state index contributed by atoms with van der Waals surface area (Å²) in [5.74, 6) is 0.100. The minimum atomic E-state index is 0.0921. The Hall–Kier alpha value is -1.36. The molecule has 0 saturated carbocycles. The number of aryl methyl sites for hydroxylation is 1. The second-order valence-electron chi connectivity index (χ2n) is 5.79. The van der Waals surface area contributed by atoms with Gasteiger partial charge in [0, 0.05) is 25.7 Å². The molecule has 1 heterocycles. The molecule has 0 unspecified atom stereocenters. The first kappa shape index (κ1) is 14.7. The highest BCUT2D eigenvalue weighted by molar-refractivity contribution is 5.76. The Morgan fingerprint density at radius 1 is 1.50 bits per heavy atom. The van der Waals surface area contributed by atoms with Crippen molar-refractivity contribution in [3.63, 3.8) is 0 Å². The van der Waals surface area contributed by atoms with Gasteiger partial charge in [-0.05, 0) is 31.5 Å². The molecule has 0 aromatic carbocycles. The van der Waals surface area contributed by atoms with Crippen LogP contribution < -0.4 is 5.32 Å². The number of nitrogens with zero attached hydrogens (tertiary/aromatic N) is 2. The van der Waals surface area contributed by atoms with Gasteiger partial charge in [0.25, 0.3) is 0 Å². The minimum absolute atomic E-state index is 0.0921. The summed E-state index contributed by atoms with van der Waals surface area (Å²) in [5, 5.41) is 9.59. The lowest BCUT2D eigenvalue weighted by Gasteiger charge is -2.28. The quantitative estimate of drug-likeness (QED) is 0.762. The van der Waals surface area contributed by atoms with E-state index in [2.05, 4.69) is 34.3 Å². The summed E-state index contributed by atoms with van der Waals surface area (Å²) in [4.78, 5) is 13.9. The lowest BCUT2D eigenvalue weighted by Crippen LogP contribution is -2.40. The lowest BCUT2D eigenvalue weighted by molar-refractivity contribution is -0.121. The van der Waals surface area contributed by atoms with Gasteiger partial charge in [-0.2, -0.15) is 5.10 Å². The van der Waals surface area contributed by atoms with Crippen molar-refractivity contribution in [3.05, 3.63) is 18.0 Å². The molecule has 0 aliphatic carbocycles. The van der Waals surface area contributed by atoms with E-state index < -0.39 is 0 Å². The van der Waals surface area contributed by atoms with Gasteiger partial charge in [-0.1, -0.05) is 13.8 Å². The van der Waals surface area contributed by atoms with Crippen molar-refractivity contribution in [3.8, 4) is 0 Å². The number of carbonyl (C=O) groups is 1. The number of hydrogen-bond acceptors (Lipinski definition) is 3. The van der Waals surface area contributed by atoms with Gasteiger partial charge in [0.1, 0.15) is 0 Å². The van der Waals surface area contributed by atoms with E-state index in [1.807, 2.05) is 20.3 Å². The first-order valence-electron chi connectivity index (χ1n) is 6.28. The van der Waals surface area contributed by atoms with E-state index in [1.54, 1.807) is 6.20 Å². The van der Waals surface area contributed by atoms with Gasteiger partial charge >= 0.3 is 0 Å². The Bertz CT molecular complexity index is 357. The number of H-pyrrole nitrogens is 1. The predicted molar refractivity (Wildman–Crippen MR) is 72.3 cm³/mol. The molecule has 1 rings (SSSR count). The van der Waals surface area contributed by atoms with Crippen LogP contribution in [0.2, 0.25) is 0 Å². The smallest absolute Gasteiger partial charge is 0.220 e. The lowest BCUT2D eigenvalue weighted by atomic mass is 9.93. The second-order valence-corrected chi connectivity index (χ2v) is 5.79. The van der Waals surface area contributed by atoms with Crippen molar-refractivity contribution in [2.45, 2.75) is 26.7 Å². The fraction of sp³-hybridized carbons (Fsp3) is 0.692. The van der Waals surface area contributed by atoms with Gasteiger partial charge in [-0.25, -0.2) is 0 Å². The van der Waals surface area contributed by atoms with Crippen LogP contribution in [0, 0.1) is 5.41 Å². The first-order valence-corrected chi connectivity index (χ1v) is 6.28. The third-order valence-electron chi connectivity index (χ3n) is 2.70. The SMILES string of the molecule is CN(C)CC(C)(C)CNC(=O)CCc1cn[nH]c1. The van der Waals surface area contributed by atoms with Crippen molar-refractivity contribution in [1.29, 1.82) is 0 Å². The third kappa shape index (κ3) is 5.82. The first-order chi connectivity index (χ1) is 8.39. The highest BCUT2D eigenvalue weighted by Crippen LogP contribution is 2.14. The number of amides is 1. The highest BCUT2D eigenvalue weighted by Gasteiger charge is 2.19. The average molecular weight is 252 g/mol. The van der Waals surface area contributed by atoms with Crippen LogP contribution in [0.1, 0.15) is 25.8 Å². The van der Waals surface area contributed by atoms with Crippen molar-refractivity contribution < 1.29 is 4.79 Å². The topological polar surface area (TPSA) is 61.0 Å². The molecule has 0 aliphatic rings. The summed E-state index contributed by atoms with van der Waals surface area (Å²) < 4.78 is 0. The number of aromatic nitrogens is 2. The van der Waals surface area contributed by atoms with Gasteiger partial charge in [0.2, 0.25) is 5.91 Å². The standard InChI is InChI=1S/C13H24N4O/c1-13(2,10-17(3)4)9-14-12(18)6-5-11-7-15-16-8-11/h7-8H,5-6,9-10H2,1-4H3,(H,14,18)(H,15,16). The van der Waals surface area contributed by atoms with Crippen LogP contribution in [0.3, 0.4) is 0 Å². The van der Waals surface area contributed by atoms with E-state index in [1.165, 1.54) is 0 Å². The molecule has 0 aliphatic heterocycles. The Balaban J connectivity index is 2.24. The van der Waals surface area contributed by atoms with E-state index in [-0.39, 0.29) is 11.3 Å². The average Bonchev–Trinajstić information content (AvgIpc) is 2.74. The van der Waals surface area contributed by atoms with E-state index in [4.69, 9.17) is 0 Å². The number of carbonyl (C=O) groups excluding carboxylic acids is 1. The highest BCUT2D eigenvalue weighted by atomic mass is 16.1. The summed E-state index contributed by atoms with van der Waals surface area (Å²) in [6.07, 6.45) is 4.82. The van der Waals surface area contributed by atoms with E-state index in [0.717, 1.165) is 18.5 Å². The Morgan fingerprint density at radius 3 is 2.78 bits per heavy atom. The molecule has 5 heteroatoms. The summed E-state index contributed by atoms with van der Waals surface area (Å²) in [5.41, 5.74) is 1.16. The molecule has 0 bridgehead atoms. The third-order valence-corrected chi connectivity index (χ3v) is 2.70. The van der Waals surface area contributed by atoms with Crippen LogP contribution in [0.15, 0.2) is 12.4 Å². The van der Waals surface area contributed by atoms with Crippen LogP contribution in [0.4, 0.5) is 0 Å². The molecular formula is C13H24N4O. The van der Waals surface area contributed by atoms with Crippen LogP contribution in [-0.4, -0.2) is 48.2 Å². The molecule has 0 radical (unpaired) electrons. The minimum Gasteiger partial charge on any atom is -0.356 e. The van der Waals surface area contributed by atoms with E-state index in [0.29, 0.717) is 13.0 Å². The van der Waals surface area contributed by atoms with Crippen LogP contribution in [0.25, 0.3) is 0 Å². The molecule has 0 fully saturated rings. The zero-order chi connectivity index (χ0) is 13.6. The Kier molecular flexibility index (Phi) is 5.34. The van der Waals surface area contributed by atoms with Gasteiger partial charge in [-0.15, -0.1) is 0 Å². The van der Waals surface area contributed by atoms with Gasteiger partial charge in [0.15, 0.2) is 0 Å². The zero-order valence-electron chi connectivity index (χ0n) is 11.8.